The van der Waals surface area contributed by atoms with Gasteiger partial charge in [-0.3, -0.25) is 4.79 Å². The molecule has 0 saturated heterocycles. The smallest absolute Gasteiger partial charge is 0.224 e. The van der Waals surface area contributed by atoms with Gasteiger partial charge in [0.2, 0.25) is 5.91 Å². The number of nitrogens with two attached hydrogens (primary N) is 1. The Morgan fingerprint density at radius 2 is 2.17 bits per heavy atom. The zero-order chi connectivity index (χ0) is 8.60. The van der Waals surface area contributed by atoms with Crippen molar-refractivity contribution in [2.24, 2.45) is 11.1 Å². The van der Waals surface area contributed by atoms with E-state index in [0.29, 0.717) is 6.04 Å². The van der Waals surface area contributed by atoms with Crippen LogP contribution >= 0.6 is 0 Å². The molecule has 2 aliphatic rings. The number of nitrogens with one attached hydrogen (secondary N) is 1. The number of hydrogen-bond donors (Lipinski definition) is 2. The highest BCUT2D eigenvalue weighted by molar-refractivity contribution is 5.82. The third kappa shape index (κ3) is 1.33. The third-order valence-electron chi connectivity index (χ3n) is 3.14. The van der Waals surface area contributed by atoms with Gasteiger partial charge in [-0.05, 0) is 25.7 Å². The van der Waals surface area contributed by atoms with E-state index in [4.69, 9.17) is 5.73 Å². The van der Waals surface area contributed by atoms with Crippen molar-refractivity contribution in [1.82, 2.24) is 5.32 Å². The summed E-state index contributed by atoms with van der Waals surface area (Å²) < 4.78 is 0. The molecule has 0 aromatic heterocycles. The van der Waals surface area contributed by atoms with E-state index >= 15 is 0 Å². The fraction of sp³-hybridized carbons (Fsp3) is 0.889. The van der Waals surface area contributed by atoms with Gasteiger partial charge >= 0.3 is 0 Å². The van der Waals surface area contributed by atoms with Gasteiger partial charge in [0, 0.05) is 12.6 Å². The standard InChI is InChI=1S/C9H16N2O/c10-8(12)9(4-1-5-9)6-11-7-2-3-7/h7,11H,1-6H2,(H2,10,12). The summed E-state index contributed by atoms with van der Waals surface area (Å²) in [7, 11) is 0. The van der Waals surface area contributed by atoms with Crippen molar-refractivity contribution in [3.63, 3.8) is 0 Å². The lowest BCUT2D eigenvalue weighted by Crippen LogP contribution is -2.50. The van der Waals surface area contributed by atoms with Crippen molar-refractivity contribution < 1.29 is 4.79 Å². The Bertz CT molecular complexity index is 195. The maximum atomic E-state index is 11.1. The minimum absolute atomic E-state index is 0.109. The third-order valence-corrected chi connectivity index (χ3v) is 3.14. The SMILES string of the molecule is NC(=O)C1(CNC2CC2)CCC1. The summed E-state index contributed by atoms with van der Waals surface area (Å²) in [6.45, 7) is 0.812. The average Bonchev–Trinajstić information content (AvgIpc) is 2.67. The zero-order valence-electron chi connectivity index (χ0n) is 7.31. The molecule has 3 nitrogen and oxygen atoms in total. The van der Waals surface area contributed by atoms with Gasteiger partial charge in [0.05, 0.1) is 5.41 Å². The highest BCUT2D eigenvalue weighted by Crippen LogP contribution is 2.40. The molecule has 1 amide bonds. The zero-order valence-corrected chi connectivity index (χ0v) is 7.31. The van der Waals surface area contributed by atoms with Crippen LogP contribution in [0.15, 0.2) is 0 Å². The maximum Gasteiger partial charge on any atom is 0.224 e. The molecular weight excluding hydrogens is 152 g/mol. The van der Waals surface area contributed by atoms with Crippen LogP contribution in [0.5, 0.6) is 0 Å². The lowest BCUT2D eigenvalue weighted by atomic mass is 9.68. The van der Waals surface area contributed by atoms with E-state index in [2.05, 4.69) is 5.32 Å². The Kier molecular flexibility index (Phi) is 1.83. The quantitative estimate of drug-likeness (QED) is 0.638. The Morgan fingerprint density at radius 3 is 2.50 bits per heavy atom. The van der Waals surface area contributed by atoms with E-state index in [9.17, 15) is 4.79 Å². The van der Waals surface area contributed by atoms with Crippen LogP contribution < -0.4 is 11.1 Å². The van der Waals surface area contributed by atoms with Crippen LogP contribution in [-0.4, -0.2) is 18.5 Å². The molecule has 0 aromatic rings. The molecule has 2 saturated carbocycles. The first-order valence-electron chi connectivity index (χ1n) is 4.76. The first-order valence-corrected chi connectivity index (χ1v) is 4.76. The molecule has 12 heavy (non-hydrogen) atoms. The van der Waals surface area contributed by atoms with Gasteiger partial charge in [-0.1, -0.05) is 6.42 Å². The van der Waals surface area contributed by atoms with Gasteiger partial charge < -0.3 is 11.1 Å². The molecule has 3 heteroatoms. The fourth-order valence-electron chi connectivity index (χ4n) is 1.74. The molecule has 0 aliphatic heterocycles. The minimum Gasteiger partial charge on any atom is -0.369 e. The van der Waals surface area contributed by atoms with Crippen LogP contribution in [0.3, 0.4) is 0 Å². The molecule has 2 aliphatic carbocycles. The number of amides is 1. The summed E-state index contributed by atoms with van der Waals surface area (Å²) in [4.78, 5) is 11.1. The maximum absolute atomic E-state index is 11.1. The summed E-state index contributed by atoms with van der Waals surface area (Å²) in [5, 5.41) is 3.38. The topological polar surface area (TPSA) is 55.1 Å². The van der Waals surface area contributed by atoms with Crippen LogP contribution in [0.1, 0.15) is 32.1 Å². The summed E-state index contributed by atoms with van der Waals surface area (Å²) in [6, 6.07) is 0.682. The highest BCUT2D eigenvalue weighted by Gasteiger charge is 2.43. The van der Waals surface area contributed by atoms with Crippen LogP contribution in [0.2, 0.25) is 0 Å². The first-order chi connectivity index (χ1) is 5.73. The molecule has 0 atom stereocenters. The Labute approximate surface area is 72.7 Å². The molecule has 3 N–H and O–H groups in total. The molecule has 0 bridgehead atoms. The normalized spacial score (nSPS) is 26.3. The molecule has 0 aromatic carbocycles. The van der Waals surface area contributed by atoms with E-state index in [1.54, 1.807) is 0 Å². The van der Waals surface area contributed by atoms with Crippen molar-refractivity contribution in [1.29, 1.82) is 0 Å². The van der Waals surface area contributed by atoms with E-state index in [1.165, 1.54) is 12.8 Å². The number of primary amides is 1. The van der Waals surface area contributed by atoms with Gasteiger partial charge in [-0.2, -0.15) is 0 Å². The van der Waals surface area contributed by atoms with Crippen molar-refractivity contribution in [2.75, 3.05) is 6.54 Å². The van der Waals surface area contributed by atoms with Gasteiger partial charge in [0.25, 0.3) is 0 Å². The van der Waals surface area contributed by atoms with E-state index in [-0.39, 0.29) is 11.3 Å². The predicted octanol–water partition coefficient (Wildman–Crippen LogP) is 0.394. The van der Waals surface area contributed by atoms with Crippen LogP contribution in [0.25, 0.3) is 0 Å². The highest BCUT2D eigenvalue weighted by atomic mass is 16.1. The second-order valence-electron chi connectivity index (χ2n) is 4.15. The lowest BCUT2D eigenvalue weighted by Gasteiger charge is -2.39. The van der Waals surface area contributed by atoms with Gasteiger partial charge in [-0.25, -0.2) is 0 Å². The van der Waals surface area contributed by atoms with Crippen LogP contribution in [-0.2, 0) is 4.79 Å². The molecule has 2 fully saturated rings. The molecule has 0 unspecified atom stereocenters. The van der Waals surface area contributed by atoms with Gasteiger partial charge in [-0.15, -0.1) is 0 Å². The molecule has 2 rings (SSSR count). The van der Waals surface area contributed by atoms with E-state index in [0.717, 1.165) is 25.8 Å². The minimum atomic E-state index is -0.178. The van der Waals surface area contributed by atoms with Crippen molar-refractivity contribution in [2.45, 2.75) is 38.1 Å². The fourth-order valence-corrected chi connectivity index (χ4v) is 1.74. The number of rotatable bonds is 4. The second-order valence-corrected chi connectivity index (χ2v) is 4.15. The summed E-state index contributed by atoms with van der Waals surface area (Å²) >= 11 is 0. The summed E-state index contributed by atoms with van der Waals surface area (Å²) in [6.07, 6.45) is 5.68. The largest absolute Gasteiger partial charge is 0.369 e. The van der Waals surface area contributed by atoms with Crippen molar-refractivity contribution in [3.8, 4) is 0 Å². The number of carbonyl (C=O) groups is 1. The monoisotopic (exact) mass is 168 g/mol. The first kappa shape index (κ1) is 8.05. The van der Waals surface area contributed by atoms with Crippen LogP contribution in [0.4, 0.5) is 0 Å². The molecule has 0 spiro atoms. The average molecular weight is 168 g/mol. The predicted molar refractivity (Wildman–Crippen MR) is 46.5 cm³/mol. The number of carbonyl (C=O) groups excluding carboxylic acids is 1. The van der Waals surface area contributed by atoms with E-state index < -0.39 is 0 Å². The summed E-state index contributed by atoms with van der Waals surface area (Å²) in [5.41, 5.74) is 5.18. The Morgan fingerprint density at radius 1 is 1.50 bits per heavy atom. The van der Waals surface area contributed by atoms with Crippen molar-refractivity contribution in [3.05, 3.63) is 0 Å². The summed E-state index contributed by atoms with van der Waals surface area (Å²) in [5.74, 6) is -0.109. The Hall–Kier alpha value is -0.570. The number of hydrogen-bond acceptors (Lipinski definition) is 2. The van der Waals surface area contributed by atoms with Crippen molar-refractivity contribution >= 4 is 5.91 Å². The van der Waals surface area contributed by atoms with Gasteiger partial charge in [0.15, 0.2) is 0 Å². The lowest BCUT2D eigenvalue weighted by molar-refractivity contribution is -0.132. The van der Waals surface area contributed by atoms with Crippen LogP contribution in [0, 0.1) is 5.41 Å². The van der Waals surface area contributed by atoms with E-state index in [1.807, 2.05) is 0 Å². The van der Waals surface area contributed by atoms with Gasteiger partial charge in [0.1, 0.15) is 0 Å². The second kappa shape index (κ2) is 2.73. The Balaban J connectivity index is 1.84. The molecule has 68 valence electrons. The molecule has 0 radical (unpaired) electrons. The molecule has 0 heterocycles. The molecular formula is C9H16N2O.